The summed E-state index contributed by atoms with van der Waals surface area (Å²) in [6.07, 6.45) is 4.13. The number of carbonyl (C=O) groups is 1. The van der Waals surface area contributed by atoms with Crippen molar-refractivity contribution in [3.63, 3.8) is 0 Å². The van der Waals surface area contributed by atoms with Gasteiger partial charge in [0.25, 0.3) is 0 Å². The number of rotatable bonds is 7. The Morgan fingerprint density at radius 3 is 2.72 bits per heavy atom. The van der Waals surface area contributed by atoms with Crippen LogP contribution in [0.3, 0.4) is 0 Å². The molecule has 1 amide bonds. The topological polar surface area (TPSA) is 55.1 Å². The van der Waals surface area contributed by atoms with Crippen molar-refractivity contribution in [2.24, 2.45) is 5.73 Å². The lowest BCUT2D eigenvalue weighted by molar-refractivity contribution is -0.116. The average Bonchev–Trinajstić information content (AvgIpc) is 2.35. The van der Waals surface area contributed by atoms with Gasteiger partial charge in [0.05, 0.1) is 10.7 Å². The molecule has 0 aliphatic rings. The summed E-state index contributed by atoms with van der Waals surface area (Å²) in [4.78, 5) is 11.6. The van der Waals surface area contributed by atoms with Crippen molar-refractivity contribution in [1.29, 1.82) is 0 Å². The fourth-order valence-electron chi connectivity index (χ4n) is 1.60. The van der Waals surface area contributed by atoms with Crippen LogP contribution in [0, 0.1) is 5.82 Å². The van der Waals surface area contributed by atoms with E-state index in [0.29, 0.717) is 13.0 Å². The maximum Gasteiger partial charge on any atom is 0.224 e. The molecule has 0 fully saturated rings. The predicted molar refractivity (Wildman–Crippen MR) is 72.2 cm³/mol. The maximum absolute atomic E-state index is 13.5. The van der Waals surface area contributed by atoms with Crippen LogP contribution in [-0.4, -0.2) is 12.5 Å². The van der Waals surface area contributed by atoms with Crippen LogP contribution >= 0.6 is 11.6 Å². The molecule has 0 unspecified atom stereocenters. The zero-order valence-corrected chi connectivity index (χ0v) is 11.0. The van der Waals surface area contributed by atoms with Crippen LogP contribution in [0.4, 0.5) is 10.1 Å². The molecule has 3 N–H and O–H groups in total. The van der Waals surface area contributed by atoms with E-state index in [9.17, 15) is 9.18 Å². The third-order valence-electron chi connectivity index (χ3n) is 2.58. The van der Waals surface area contributed by atoms with Gasteiger partial charge in [0, 0.05) is 6.42 Å². The molecule has 1 aromatic carbocycles. The Kier molecular flexibility index (Phi) is 6.68. The molecule has 1 rings (SSSR count). The van der Waals surface area contributed by atoms with Crippen LogP contribution in [0.25, 0.3) is 0 Å². The molecule has 0 aliphatic heterocycles. The van der Waals surface area contributed by atoms with Gasteiger partial charge in [-0.25, -0.2) is 4.39 Å². The first-order valence-corrected chi connectivity index (χ1v) is 6.47. The van der Waals surface area contributed by atoms with Crippen molar-refractivity contribution in [3.05, 3.63) is 29.0 Å². The van der Waals surface area contributed by atoms with E-state index in [2.05, 4.69) is 5.32 Å². The number of nitrogens with two attached hydrogens (primary N) is 1. The van der Waals surface area contributed by atoms with Crippen LogP contribution in [-0.2, 0) is 4.79 Å². The third-order valence-corrected chi connectivity index (χ3v) is 2.88. The van der Waals surface area contributed by atoms with E-state index in [1.807, 2.05) is 0 Å². The van der Waals surface area contributed by atoms with Crippen molar-refractivity contribution < 1.29 is 9.18 Å². The van der Waals surface area contributed by atoms with E-state index in [-0.39, 0.29) is 16.6 Å². The molecular weight excluding hydrogens is 255 g/mol. The Balaban J connectivity index is 2.34. The van der Waals surface area contributed by atoms with Gasteiger partial charge in [-0.05, 0) is 31.5 Å². The summed E-state index contributed by atoms with van der Waals surface area (Å²) >= 11 is 5.62. The molecule has 0 atom stereocenters. The lowest BCUT2D eigenvalue weighted by atomic mass is 10.1. The molecule has 0 radical (unpaired) electrons. The van der Waals surface area contributed by atoms with Gasteiger partial charge < -0.3 is 11.1 Å². The lowest BCUT2D eigenvalue weighted by Crippen LogP contribution is -2.12. The number of amides is 1. The van der Waals surface area contributed by atoms with Crippen molar-refractivity contribution in [2.45, 2.75) is 32.1 Å². The van der Waals surface area contributed by atoms with Crippen LogP contribution in [0.5, 0.6) is 0 Å². The van der Waals surface area contributed by atoms with E-state index >= 15 is 0 Å². The Hall–Kier alpha value is -1.13. The summed E-state index contributed by atoms with van der Waals surface area (Å²) in [5.41, 5.74) is 5.50. The van der Waals surface area contributed by atoms with Gasteiger partial charge in [-0.1, -0.05) is 30.5 Å². The highest BCUT2D eigenvalue weighted by molar-refractivity contribution is 6.31. The minimum absolute atomic E-state index is 0.00995. The van der Waals surface area contributed by atoms with Gasteiger partial charge in [0.2, 0.25) is 5.91 Å². The number of benzene rings is 1. The minimum atomic E-state index is -0.587. The van der Waals surface area contributed by atoms with Crippen molar-refractivity contribution >= 4 is 23.2 Å². The predicted octanol–water partition coefficient (Wildman–Crippen LogP) is 3.33. The number of hydrogen-bond donors (Lipinski definition) is 2. The van der Waals surface area contributed by atoms with Gasteiger partial charge in [-0.3, -0.25) is 4.79 Å². The van der Waals surface area contributed by atoms with Gasteiger partial charge in [0.1, 0.15) is 0 Å². The third kappa shape index (κ3) is 5.02. The number of carbonyl (C=O) groups excluding carboxylic acids is 1. The van der Waals surface area contributed by atoms with Gasteiger partial charge >= 0.3 is 0 Å². The standard InChI is InChI=1S/C13H18ClFN2O/c14-10-6-5-7-11(13(10)15)17-12(18)8-3-1-2-4-9-16/h5-7H,1-4,8-9,16H2,(H,17,18). The summed E-state index contributed by atoms with van der Waals surface area (Å²) in [5, 5.41) is 2.53. The monoisotopic (exact) mass is 272 g/mol. The van der Waals surface area contributed by atoms with E-state index in [0.717, 1.165) is 25.7 Å². The molecule has 5 heteroatoms. The molecule has 0 aromatic heterocycles. The Morgan fingerprint density at radius 1 is 1.28 bits per heavy atom. The highest BCUT2D eigenvalue weighted by atomic mass is 35.5. The van der Waals surface area contributed by atoms with E-state index < -0.39 is 5.82 Å². The second-order valence-electron chi connectivity index (χ2n) is 4.10. The molecule has 100 valence electrons. The lowest BCUT2D eigenvalue weighted by Gasteiger charge is -2.07. The SMILES string of the molecule is NCCCCCCC(=O)Nc1cccc(Cl)c1F. The van der Waals surface area contributed by atoms with Crippen LogP contribution in [0.15, 0.2) is 18.2 Å². The second kappa shape index (κ2) is 8.06. The van der Waals surface area contributed by atoms with E-state index in [1.54, 1.807) is 6.07 Å². The molecule has 0 saturated heterocycles. The average molecular weight is 273 g/mol. The summed E-state index contributed by atoms with van der Waals surface area (Å²) in [7, 11) is 0. The normalized spacial score (nSPS) is 10.4. The quantitative estimate of drug-likeness (QED) is 0.748. The Morgan fingerprint density at radius 2 is 2.00 bits per heavy atom. The van der Waals surface area contributed by atoms with E-state index in [1.165, 1.54) is 12.1 Å². The van der Waals surface area contributed by atoms with Crippen LogP contribution in [0.1, 0.15) is 32.1 Å². The molecule has 3 nitrogen and oxygen atoms in total. The van der Waals surface area contributed by atoms with Gasteiger partial charge in [0.15, 0.2) is 5.82 Å². The first-order chi connectivity index (χ1) is 8.65. The highest BCUT2D eigenvalue weighted by Crippen LogP contribution is 2.22. The highest BCUT2D eigenvalue weighted by Gasteiger charge is 2.09. The molecule has 0 spiro atoms. The van der Waals surface area contributed by atoms with Crippen LogP contribution in [0.2, 0.25) is 5.02 Å². The van der Waals surface area contributed by atoms with Gasteiger partial charge in [-0.2, -0.15) is 0 Å². The van der Waals surface area contributed by atoms with Gasteiger partial charge in [-0.15, -0.1) is 0 Å². The zero-order valence-electron chi connectivity index (χ0n) is 10.2. The number of anilines is 1. The molecule has 0 heterocycles. The van der Waals surface area contributed by atoms with Crippen molar-refractivity contribution in [2.75, 3.05) is 11.9 Å². The summed E-state index contributed by atoms with van der Waals surface area (Å²) < 4.78 is 13.5. The summed E-state index contributed by atoms with van der Waals surface area (Å²) in [6.45, 7) is 0.680. The van der Waals surface area contributed by atoms with E-state index in [4.69, 9.17) is 17.3 Å². The molecule has 0 aliphatic carbocycles. The number of hydrogen-bond acceptors (Lipinski definition) is 2. The molecule has 18 heavy (non-hydrogen) atoms. The second-order valence-corrected chi connectivity index (χ2v) is 4.51. The fourth-order valence-corrected chi connectivity index (χ4v) is 1.77. The molecule has 1 aromatic rings. The smallest absolute Gasteiger partial charge is 0.224 e. The number of nitrogens with one attached hydrogen (secondary N) is 1. The number of halogens is 2. The van der Waals surface area contributed by atoms with Crippen LogP contribution < -0.4 is 11.1 Å². The molecule has 0 saturated carbocycles. The summed E-state index contributed by atoms with van der Waals surface area (Å²) in [5.74, 6) is -0.778. The molecule has 0 bridgehead atoms. The molecular formula is C13H18ClFN2O. The first-order valence-electron chi connectivity index (χ1n) is 6.09. The fraction of sp³-hybridized carbons (Fsp3) is 0.462. The summed E-state index contributed by atoms with van der Waals surface area (Å²) in [6, 6.07) is 4.54. The largest absolute Gasteiger partial charge is 0.330 e. The minimum Gasteiger partial charge on any atom is -0.330 e. The number of unbranched alkanes of at least 4 members (excludes halogenated alkanes) is 3. The van der Waals surface area contributed by atoms with Crippen molar-refractivity contribution in [1.82, 2.24) is 0 Å². The zero-order chi connectivity index (χ0) is 13.4. The Bertz CT molecular complexity index is 399. The maximum atomic E-state index is 13.5. The first kappa shape index (κ1) is 14.9. The Labute approximate surface area is 112 Å². The van der Waals surface area contributed by atoms with Crippen molar-refractivity contribution in [3.8, 4) is 0 Å².